The molecule has 0 bridgehead atoms. The number of hydrogen-bond acceptors (Lipinski definition) is 8. The Morgan fingerprint density at radius 1 is 0.681 bits per heavy atom. The van der Waals surface area contributed by atoms with E-state index < -0.39 is 0 Å². The smallest absolute Gasteiger partial charge is 0.211 e. The maximum atomic E-state index is 6.33. The van der Waals surface area contributed by atoms with Crippen LogP contribution < -0.4 is 0 Å². The molecule has 2 aromatic carbocycles. The number of fused-ring (bicyclic) bond motifs is 3. The van der Waals surface area contributed by atoms with Crippen LogP contribution in [0.15, 0.2) is 82.0 Å². The van der Waals surface area contributed by atoms with Crippen molar-refractivity contribution in [3.05, 3.63) is 101 Å². The van der Waals surface area contributed by atoms with Gasteiger partial charge in [0.15, 0.2) is 0 Å². The molecule has 5 heterocycles. The van der Waals surface area contributed by atoms with Gasteiger partial charge in [0.2, 0.25) is 5.82 Å². The van der Waals surface area contributed by atoms with E-state index in [2.05, 4.69) is 75.1 Å². The number of aromatic nitrogens is 5. The van der Waals surface area contributed by atoms with Gasteiger partial charge in [0.05, 0.1) is 10.5 Å². The Hall–Kier alpha value is -3.62. The van der Waals surface area contributed by atoms with E-state index in [1.807, 2.05) is 35.0 Å². The average molecular weight is 832 g/mol. The van der Waals surface area contributed by atoms with Crippen molar-refractivity contribution in [1.29, 1.82) is 0 Å². The van der Waals surface area contributed by atoms with Crippen LogP contribution in [0, 0.1) is 12.1 Å². The number of hydrogen-bond donors (Lipinski definition) is 0. The molecule has 9 heteroatoms. The molecule has 0 unspecified atom stereocenters. The van der Waals surface area contributed by atoms with Crippen molar-refractivity contribution in [3.63, 3.8) is 0 Å². The standard InChI is InChI=1S/C28H28NO.C10H5N4S2.Ir/c1-2-7-20(8-3-1)22-13-15-26(29-18-22)24-12-6-11-23-25-17-21(19-9-4-5-10-19)14-16-27(25)30-28(23)24;1-3-7(15-5-1)9-11-13-10(14-12-9)8-4-2-6-16-8;/h6,11,13-20H,1-5,7-10H2;1-3,5-6H;/q2*-1;. The van der Waals surface area contributed by atoms with Gasteiger partial charge < -0.3 is 9.40 Å². The number of thiophene rings is 2. The molecule has 2 aliphatic rings. The van der Waals surface area contributed by atoms with Crippen molar-refractivity contribution in [3.8, 4) is 32.7 Å². The van der Waals surface area contributed by atoms with Crippen molar-refractivity contribution in [2.45, 2.75) is 69.6 Å². The Bertz CT molecular complexity index is 1980. The Morgan fingerprint density at radius 3 is 2.13 bits per heavy atom. The number of furan rings is 1. The van der Waals surface area contributed by atoms with Gasteiger partial charge in [-0.3, -0.25) is 0 Å². The molecule has 47 heavy (non-hydrogen) atoms. The third-order valence-corrected chi connectivity index (χ3v) is 11.0. The van der Waals surface area contributed by atoms with Crippen LogP contribution in [-0.4, -0.2) is 25.4 Å². The molecular weight excluding hydrogens is 799 g/mol. The second-order valence-electron chi connectivity index (χ2n) is 12.2. The van der Waals surface area contributed by atoms with E-state index in [1.54, 1.807) is 11.3 Å². The molecule has 0 amide bonds. The van der Waals surface area contributed by atoms with E-state index in [-0.39, 0.29) is 20.1 Å². The Morgan fingerprint density at radius 2 is 1.43 bits per heavy atom. The molecule has 0 N–H and O–H groups in total. The van der Waals surface area contributed by atoms with E-state index >= 15 is 0 Å². The third-order valence-electron chi connectivity index (χ3n) is 9.29. The zero-order chi connectivity index (χ0) is 30.7. The third kappa shape index (κ3) is 6.86. The first-order valence-electron chi connectivity index (χ1n) is 16.2. The molecule has 0 aliphatic heterocycles. The largest absolute Gasteiger partial charge is 0.501 e. The second kappa shape index (κ2) is 14.6. The molecule has 239 valence electrons. The molecule has 0 spiro atoms. The van der Waals surface area contributed by atoms with Gasteiger partial charge in [0.25, 0.3) is 0 Å². The molecule has 0 saturated heterocycles. The van der Waals surface area contributed by atoms with Crippen LogP contribution in [0.1, 0.15) is 80.8 Å². The predicted octanol–water partition coefficient (Wildman–Crippen LogP) is 10.7. The molecular formula is C38H33IrN5OS2-2. The fraction of sp³-hybridized carbons (Fsp3) is 0.289. The van der Waals surface area contributed by atoms with Gasteiger partial charge >= 0.3 is 0 Å². The van der Waals surface area contributed by atoms with Crippen LogP contribution in [0.2, 0.25) is 0 Å². The van der Waals surface area contributed by atoms with Gasteiger partial charge in [-0.25, -0.2) is 11.3 Å². The summed E-state index contributed by atoms with van der Waals surface area (Å²) in [5.74, 6) is 2.48. The SMILES string of the molecule is [Ir].[c-]1ccc2c(oc3ccc(C4CCCC4)cc32)c1-c1ccc(C2CCCCC2)cn1.[c-]1ccsc1-c1nnc(-c2cccs2)nn1. The van der Waals surface area contributed by atoms with Gasteiger partial charge in [-0.2, -0.15) is 22.3 Å². The van der Waals surface area contributed by atoms with Gasteiger partial charge in [-0.05, 0) is 77.9 Å². The molecule has 2 saturated carbocycles. The molecule has 0 atom stereocenters. The molecule has 2 fully saturated rings. The first kappa shape index (κ1) is 32.0. The quantitative estimate of drug-likeness (QED) is 0.161. The van der Waals surface area contributed by atoms with Crippen LogP contribution in [0.4, 0.5) is 0 Å². The zero-order valence-electron chi connectivity index (χ0n) is 25.8. The molecule has 7 aromatic rings. The van der Waals surface area contributed by atoms with Crippen molar-refractivity contribution in [2.24, 2.45) is 0 Å². The first-order chi connectivity index (χ1) is 22.8. The molecule has 1 radical (unpaired) electrons. The molecule has 9 rings (SSSR count). The summed E-state index contributed by atoms with van der Waals surface area (Å²) >= 11 is 3.09. The van der Waals surface area contributed by atoms with Gasteiger partial charge in [0, 0.05) is 31.7 Å². The summed E-state index contributed by atoms with van der Waals surface area (Å²) in [6.07, 6.45) is 14.1. The number of benzene rings is 2. The van der Waals surface area contributed by atoms with Gasteiger partial charge in [-0.1, -0.05) is 72.2 Å². The summed E-state index contributed by atoms with van der Waals surface area (Å²) in [4.78, 5) is 6.67. The van der Waals surface area contributed by atoms with Crippen LogP contribution >= 0.6 is 22.7 Å². The predicted molar refractivity (Wildman–Crippen MR) is 186 cm³/mol. The van der Waals surface area contributed by atoms with Crippen LogP contribution in [0.25, 0.3) is 54.6 Å². The van der Waals surface area contributed by atoms with Crippen LogP contribution in [0.3, 0.4) is 0 Å². The van der Waals surface area contributed by atoms with E-state index in [0.29, 0.717) is 23.5 Å². The van der Waals surface area contributed by atoms with E-state index in [9.17, 15) is 0 Å². The van der Waals surface area contributed by atoms with Crippen LogP contribution in [-0.2, 0) is 20.1 Å². The van der Waals surface area contributed by atoms with Gasteiger partial charge in [0.1, 0.15) is 11.4 Å². The minimum Gasteiger partial charge on any atom is -0.501 e. The Labute approximate surface area is 296 Å². The average Bonchev–Trinajstić information content (AvgIpc) is 3.97. The van der Waals surface area contributed by atoms with E-state index in [1.165, 1.54) is 91.0 Å². The number of pyridine rings is 1. The van der Waals surface area contributed by atoms with Crippen molar-refractivity contribution < 1.29 is 24.5 Å². The number of nitrogens with zero attached hydrogens (tertiary/aromatic N) is 5. The monoisotopic (exact) mass is 832 g/mol. The van der Waals surface area contributed by atoms with Crippen molar-refractivity contribution in [1.82, 2.24) is 25.4 Å². The van der Waals surface area contributed by atoms with Crippen molar-refractivity contribution >= 4 is 44.6 Å². The summed E-state index contributed by atoms with van der Waals surface area (Å²) in [7, 11) is 0. The summed E-state index contributed by atoms with van der Waals surface area (Å²) < 4.78 is 6.33. The van der Waals surface area contributed by atoms with Crippen molar-refractivity contribution in [2.75, 3.05) is 0 Å². The summed E-state index contributed by atoms with van der Waals surface area (Å²) in [6, 6.07) is 27.5. The Balaban J connectivity index is 0.000000175. The minimum absolute atomic E-state index is 0. The van der Waals surface area contributed by atoms with E-state index in [4.69, 9.17) is 9.40 Å². The first-order valence-corrected chi connectivity index (χ1v) is 18.0. The van der Waals surface area contributed by atoms with Crippen LogP contribution in [0.5, 0.6) is 0 Å². The summed E-state index contributed by atoms with van der Waals surface area (Å²) in [5.41, 5.74) is 6.65. The topological polar surface area (TPSA) is 77.6 Å². The summed E-state index contributed by atoms with van der Waals surface area (Å²) in [6.45, 7) is 0. The van der Waals surface area contributed by atoms with Gasteiger partial charge in [-0.15, -0.1) is 45.1 Å². The summed E-state index contributed by atoms with van der Waals surface area (Å²) in [5, 5.41) is 22.5. The zero-order valence-corrected chi connectivity index (χ0v) is 29.8. The second-order valence-corrected chi connectivity index (χ2v) is 14.0. The van der Waals surface area contributed by atoms with E-state index in [0.717, 1.165) is 32.2 Å². The number of rotatable bonds is 5. The molecule has 5 aromatic heterocycles. The molecule has 2 aliphatic carbocycles. The Kier molecular flexibility index (Phi) is 9.96. The maximum absolute atomic E-state index is 6.33. The molecule has 6 nitrogen and oxygen atoms in total. The fourth-order valence-electron chi connectivity index (χ4n) is 6.88. The normalized spacial score (nSPS) is 15.4. The minimum atomic E-state index is 0. The maximum Gasteiger partial charge on any atom is 0.211 e. The fourth-order valence-corrected chi connectivity index (χ4v) is 8.12.